The molecule has 0 unspecified atom stereocenters. The monoisotopic (exact) mass is 638 g/mol. The van der Waals surface area contributed by atoms with Crippen LogP contribution < -0.4 is 15.0 Å². The number of amides is 2. The third-order valence-electron chi connectivity index (χ3n) is 8.24. The van der Waals surface area contributed by atoms with Crippen molar-refractivity contribution in [3.8, 4) is 5.75 Å². The summed E-state index contributed by atoms with van der Waals surface area (Å²) in [5.41, 5.74) is 1.96. The van der Waals surface area contributed by atoms with Crippen LogP contribution in [0.4, 0.5) is 11.4 Å². The number of carbonyl (C=O) groups excluding carboxylic acids is 2. The Hall–Kier alpha value is -3.02. The lowest BCUT2D eigenvalue weighted by Gasteiger charge is -2.32. The standard InChI is InChI=1S/C31H35BrN2O6Si/c1-19-28(41(3,4)38)27(14-15-35)40-31(19)25-17-22(32)10-13-26(25)34(30(31)37)18-20-6-5-7-23(16-20)33-29(36)21-8-11-24(39-2)12-9-21/h5-13,16-17,19,27-28,35,38H,14-15,18H2,1-4H3,(H,33,36)/t19-,27+,28-,31+/m0/s1. The average molecular weight is 640 g/mol. The molecular formula is C31H35BrN2O6Si. The smallest absolute Gasteiger partial charge is 0.264 e. The van der Waals surface area contributed by atoms with E-state index in [0.717, 1.165) is 21.3 Å². The molecule has 5 rings (SSSR count). The van der Waals surface area contributed by atoms with Crippen molar-refractivity contribution in [2.24, 2.45) is 5.92 Å². The number of benzene rings is 3. The number of hydrogen-bond acceptors (Lipinski definition) is 6. The number of halogens is 1. The minimum atomic E-state index is -2.76. The fourth-order valence-corrected chi connectivity index (χ4v) is 9.44. The molecular weight excluding hydrogens is 604 g/mol. The maximum Gasteiger partial charge on any atom is 0.264 e. The molecule has 2 heterocycles. The zero-order valence-electron chi connectivity index (χ0n) is 23.6. The molecule has 1 fully saturated rings. The van der Waals surface area contributed by atoms with Crippen LogP contribution in [0.2, 0.25) is 18.6 Å². The third-order valence-corrected chi connectivity index (χ3v) is 11.2. The largest absolute Gasteiger partial charge is 0.497 e. The lowest BCUT2D eigenvalue weighted by molar-refractivity contribution is -0.146. The molecule has 3 aromatic carbocycles. The van der Waals surface area contributed by atoms with Crippen LogP contribution in [0.3, 0.4) is 0 Å². The van der Waals surface area contributed by atoms with Gasteiger partial charge in [-0.25, -0.2) is 0 Å². The van der Waals surface area contributed by atoms with Gasteiger partial charge in [0, 0.05) is 39.4 Å². The molecule has 0 radical (unpaired) electrons. The number of anilines is 2. The van der Waals surface area contributed by atoms with Gasteiger partial charge in [-0.3, -0.25) is 9.59 Å². The zero-order valence-corrected chi connectivity index (χ0v) is 26.1. The van der Waals surface area contributed by atoms with Gasteiger partial charge in [0.25, 0.3) is 11.8 Å². The number of fused-ring (bicyclic) bond motifs is 2. The second kappa shape index (κ2) is 11.3. The number of ether oxygens (including phenoxy) is 2. The molecule has 4 atom stereocenters. The minimum Gasteiger partial charge on any atom is -0.497 e. The van der Waals surface area contributed by atoms with Crippen molar-refractivity contribution < 1.29 is 29.0 Å². The molecule has 0 aromatic heterocycles. The summed E-state index contributed by atoms with van der Waals surface area (Å²) in [4.78, 5) is 40.2. The van der Waals surface area contributed by atoms with Crippen LogP contribution >= 0.6 is 15.9 Å². The van der Waals surface area contributed by atoms with Gasteiger partial charge < -0.3 is 29.6 Å². The fourth-order valence-electron chi connectivity index (χ4n) is 6.48. The Bertz CT molecular complexity index is 1460. The van der Waals surface area contributed by atoms with E-state index in [2.05, 4.69) is 21.2 Å². The number of nitrogens with one attached hydrogen (secondary N) is 1. The van der Waals surface area contributed by atoms with E-state index in [9.17, 15) is 19.5 Å². The van der Waals surface area contributed by atoms with E-state index in [-0.39, 0.29) is 36.4 Å². The summed E-state index contributed by atoms with van der Waals surface area (Å²) in [6.45, 7) is 5.89. The van der Waals surface area contributed by atoms with Crippen molar-refractivity contribution >= 4 is 47.4 Å². The normalized spacial score (nSPS) is 23.6. The molecule has 1 saturated heterocycles. The molecule has 3 aromatic rings. The summed E-state index contributed by atoms with van der Waals surface area (Å²) >= 11 is 3.57. The summed E-state index contributed by atoms with van der Waals surface area (Å²) in [5, 5.41) is 12.7. The van der Waals surface area contributed by atoms with Crippen molar-refractivity contribution in [2.45, 2.75) is 50.2 Å². The lowest BCUT2D eigenvalue weighted by Crippen LogP contribution is -2.46. The molecule has 0 aliphatic carbocycles. The topological polar surface area (TPSA) is 108 Å². The molecule has 41 heavy (non-hydrogen) atoms. The van der Waals surface area contributed by atoms with Gasteiger partial charge in [0.2, 0.25) is 0 Å². The maximum atomic E-state index is 14.4. The molecule has 10 heteroatoms. The van der Waals surface area contributed by atoms with Crippen LogP contribution in [0.15, 0.2) is 71.2 Å². The number of aliphatic hydroxyl groups is 1. The van der Waals surface area contributed by atoms with Crippen LogP contribution in [0.25, 0.3) is 0 Å². The highest BCUT2D eigenvalue weighted by atomic mass is 79.9. The fraction of sp³-hybridized carbons (Fsp3) is 0.355. The minimum absolute atomic E-state index is 0.0905. The molecule has 3 N–H and O–H groups in total. The zero-order chi connectivity index (χ0) is 29.5. The highest BCUT2D eigenvalue weighted by Crippen LogP contribution is 2.60. The van der Waals surface area contributed by atoms with E-state index >= 15 is 0 Å². The summed E-state index contributed by atoms with van der Waals surface area (Å²) in [6.07, 6.45) is -0.0887. The van der Waals surface area contributed by atoms with Crippen LogP contribution in [-0.4, -0.2) is 49.9 Å². The van der Waals surface area contributed by atoms with E-state index in [1.54, 1.807) is 36.3 Å². The molecule has 1 spiro atoms. The first-order valence-corrected chi connectivity index (χ1v) is 17.5. The Labute approximate surface area is 249 Å². The first kappa shape index (κ1) is 29.5. The Balaban J connectivity index is 1.45. The summed E-state index contributed by atoms with van der Waals surface area (Å²) in [6, 6.07) is 20.0. The first-order valence-electron chi connectivity index (χ1n) is 13.7. The van der Waals surface area contributed by atoms with Crippen molar-refractivity contribution in [2.75, 3.05) is 23.9 Å². The van der Waals surface area contributed by atoms with E-state index in [4.69, 9.17) is 9.47 Å². The van der Waals surface area contributed by atoms with Crippen molar-refractivity contribution in [1.29, 1.82) is 0 Å². The van der Waals surface area contributed by atoms with Gasteiger partial charge in [-0.05, 0) is 79.7 Å². The van der Waals surface area contributed by atoms with Gasteiger partial charge in [0.15, 0.2) is 13.9 Å². The SMILES string of the molecule is COc1ccc(C(=O)Nc2cccc(CN3C(=O)[C@]4(O[C@H](CCO)[C@@H]([Si](C)(C)O)[C@@H]4C)c4cc(Br)ccc43)c2)cc1. The molecule has 2 amide bonds. The summed E-state index contributed by atoms with van der Waals surface area (Å²) in [7, 11) is -1.19. The Kier molecular flexibility index (Phi) is 8.15. The number of carbonyl (C=O) groups is 2. The van der Waals surface area contributed by atoms with Crippen molar-refractivity contribution in [3.63, 3.8) is 0 Å². The number of methoxy groups -OCH3 is 1. The van der Waals surface area contributed by atoms with Gasteiger partial charge in [-0.15, -0.1) is 0 Å². The van der Waals surface area contributed by atoms with E-state index < -0.39 is 20.0 Å². The van der Waals surface area contributed by atoms with Crippen LogP contribution in [0.1, 0.15) is 34.8 Å². The van der Waals surface area contributed by atoms with E-state index in [0.29, 0.717) is 23.4 Å². The Morgan fingerprint density at radius 3 is 2.54 bits per heavy atom. The van der Waals surface area contributed by atoms with Crippen LogP contribution in [0.5, 0.6) is 5.75 Å². The molecule has 0 bridgehead atoms. The van der Waals surface area contributed by atoms with Gasteiger partial charge in [-0.1, -0.05) is 35.0 Å². The van der Waals surface area contributed by atoms with E-state index in [1.807, 2.05) is 62.5 Å². The third kappa shape index (κ3) is 5.35. The van der Waals surface area contributed by atoms with Gasteiger partial charge in [-0.2, -0.15) is 0 Å². The van der Waals surface area contributed by atoms with Crippen molar-refractivity contribution in [1.82, 2.24) is 0 Å². The number of rotatable bonds is 8. The molecule has 2 aliphatic rings. The first-order chi connectivity index (χ1) is 19.5. The predicted molar refractivity (Wildman–Crippen MR) is 164 cm³/mol. The average Bonchev–Trinajstić information content (AvgIpc) is 3.35. The van der Waals surface area contributed by atoms with Crippen molar-refractivity contribution in [3.05, 3.63) is 87.9 Å². The molecule has 8 nitrogen and oxygen atoms in total. The number of nitrogens with zero attached hydrogens (tertiary/aromatic N) is 1. The lowest BCUT2D eigenvalue weighted by atomic mass is 9.82. The highest BCUT2D eigenvalue weighted by Gasteiger charge is 2.66. The molecule has 2 aliphatic heterocycles. The predicted octanol–water partition coefficient (Wildman–Crippen LogP) is 5.44. The number of hydrogen-bond donors (Lipinski definition) is 3. The quantitative estimate of drug-likeness (QED) is 0.284. The summed E-state index contributed by atoms with van der Waals surface area (Å²) < 4.78 is 12.6. The van der Waals surface area contributed by atoms with Gasteiger partial charge in [0.1, 0.15) is 5.75 Å². The Morgan fingerprint density at radius 1 is 1.15 bits per heavy atom. The second-order valence-corrected chi connectivity index (χ2v) is 16.2. The van der Waals surface area contributed by atoms with Crippen LogP contribution in [0, 0.1) is 5.92 Å². The highest BCUT2D eigenvalue weighted by molar-refractivity contribution is 9.10. The maximum absolute atomic E-state index is 14.4. The van der Waals surface area contributed by atoms with E-state index in [1.165, 1.54) is 0 Å². The van der Waals surface area contributed by atoms with Gasteiger partial charge in [0.05, 0.1) is 25.4 Å². The molecule has 0 saturated carbocycles. The number of aliphatic hydroxyl groups excluding tert-OH is 1. The van der Waals surface area contributed by atoms with Gasteiger partial charge >= 0.3 is 0 Å². The van der Waals surface area contributed by atoms with Crippen LogP contribution in [-0.2, 0) is 21.7 Å². The molecule has 216 valence electrons. The summed E-state index contributed by atoms with van der Waals surface area (Å²) in [5.74, 6) is -0.0645. The Morgan fingerprint density at radius 2 is 1.88 bits per heavy atom. The second-order valence-electron chi connectivity index (χ2n) is 11.3.